The summed E-state index contributed by atoms with van der Waals surface area (Å²) in [5.41, 5.74) is 4.40. The van der Waals surface area contributed by atoms with Crippen molar-refractivity contribution in [3.8, 4) is 40.1 Å². The molecular weight excluding hydrogens is 654 g/mol. The molecule has 0 bridgehead atoms. The van der Waals surface area contributed by atoms with E-state index in [1.165, 1.54) is 25.1 Å². The van der Waals surface area contributed by atoms with Crippen molar-refractivity contribution in [3.05, 3.63) is 69.1 Å². The molecule has 0 aliphatic carbocycles. The average Bonchev–Trinajstić information content (AvgIpc) is 3.38. The normalized spacial score (nSPS) is 11.0. The standard InChI is InChI=1S/C26H23Br2N5O5S/c1-36-20-10-15(11-21(37-2)24(20)38-3)25-31-32-26(33(25)18-7-5-4-6-8-18)39-14-22(34)30-29-13-16-9-17(27)12-19(28)23(16)35/h4-13,35H,14H2,1-3H3,(H,30,34)/b29-13-. The number of phenolic OH excluding ortho intramolecular Hbond substituents is 1. The van der Waals surface area contributed by atoms with Gasteiger partial charge in [-0.3, -0.25) is 9.36 Å². The molecule has 1 aromatic heterocycles. The maximum Gasteiger partial charge on any atom is 0.250 e. The Morgan fingerprint density at radius 3 is 2.38 bits per heavy atom. The van der Waals surface area contributed by atoms with Crippen molar-refractivity contribution >= 4 is 55.7 Å². The van der Waals surface area contributed by atoms with Gasteiger partial charge in [0.15, 0.2) is 22.5 Å². The number of aromatic hydroxyl groups is 1. The fourth-order valence-electron chi connectivity index (χ4n) is 3.59. The van der Waals surface area contributed by atoms with E-state index in [2.05, 4.69) is 52.6 Å². The van der Waals surface area contributed by atoms with Crippen LogP contribution in [0.2, 0.25) is 0 Å². The fourth-order valence-corrected chi connectivity index (χ4v) is 5.59. The predicted octanol–water partition coefficient (Wildman–Crippen LogP) is 5.43. The van der Waals surface area contributed by atoms with Crippen LogP contribution >= 0.6 is 43.6 Å². The molecule has 0 radical (unpaired) electrons. The number of aromatic nitrogens is 3. The Balaban J connectivity index is 1.59. The van der Waals surface area contributed by atoms with Crippen LogP contribution in [0.4, 0.5) is 0 Å². The first-order valence-electron chi connectivity index (χ1n) is 11.3. The number of methoxy groups -OCH3 is 3. The van der Waals surface area contributed by atoms with Crippen LogP contribution in [0, 0.1) is 0 Å². The highest BCUT2D eigenvalue weighted by molar-refractivity contribution is 9.11. The van der Waals surface area contributed by atoms with Crippen molar-refractivity contribution in [2.75, 3.05) is 27.1 Å². The monoisotopic (exact) mass is 675 g/mol. The highest BCUT2D eigenvalue weighted by Gasteiger charge is 2.21. The molecule has 10 nitrogen and oxygen atoms in total. The third-order valence-electron chi connectivity index (χ3n) is 5.35. The second kappa shape index (κ2) is 13.0. The van der Waals surface area contributed by atoms with E-state index in [4.69, 9.17) is 14.2 Å². The molecule has 1 amide bonds. The topological polar surface area (TPSA) is 120 Å². The molecular formula is C26H23Br2N5O5S. The van der Waals surface area contributed by atoms with E-state index in [0.29, 0.717) is 43.8 Å². The van der Waals surface area contributed by atoms with Gasteiger partial charge in [-0.1, -0.05) is 45.9 Å². The number of nitrogens with zero attached hydrogens (tertiary/aromatic N) is 4. The summed E-state index contributed by atoms with van der Waals surface area (Å²) in [6.07, 6.45) is 1.36. The van der Waals surface area contributed by atoms with Gasteiger partial charge in [0.25, 0.3) is 5.91 Å². The minimum Gasteiger partial charge on any atom is -0.506 e. The Bertz CT molecular complexity index is 1490. The molecule has 0 aliphatic rings. The highest BCUT2D eigenvalue weighted by Crippen LogP contribution is 2.41. The van der Waals surface area contributed by atoms with Crippen LogP contribution < -0.4 is 19.6 Å². The molecule has 2 N–H and O–H groups in total. The Labute approximate surface area is 245 Å². The molecule has 0 saturated heterocycles. The zero-order valence-corrected chi connectivity index (χ0v) is 25.0. The van der Waals surface area contributed by atoms with Gasteiger partial charge in [-0.25, -0.2) is 5.43 Å². The van der Waals surface area contributed by atoms with Crippen LogP contribution in [-0.4, -0.2) is 59.1 Å². The zero-order valence-electron chi connectivity index (χ0n) is 21.0. The second-order valence-electron chi connectivity index (χ2n) is 7.80. The van der Waals surface area contributed by atoms with Gasteiger partial charge in [-0.15, -0.1) is 10.2 Å². The van der Waals surface area contributed by atoms with Gasteiger partial charge in [-0.2, -0.15) is 5.10 Å². The summed E-state index contributed by atoms with van der Waals surface area (Å²) >= 11 is 7.83. The summed E-state index contributed by atoms with van der Waals surface area (Å²) in [5.74, 6) is 1.62. The van der Waals surface area contributed by atoms with Gasteiger partial charge >= 0.3 is 0 Å². The summed E-state index contributed by atoms with van der Waals surface area (Å²) < 4.78 is 19.6. The fraction of sp³-hybridized carbons (Fsp3) is 0.154. The highest BCUT2D eigenvalue weighted by atomic mass is 79.9. The van der Waals surface area contributed by atoms with Gasteiger partial charge in [-0.05, 0) is 52.3 Å². The number of halogens is 2. The Morgan fingerprint density at radius 2 is 1.74 bits per heavy atom. The first-order valence-corrected chi connectivity index (χ1v) is 13.9. The molecule has 0 aliphatic heterocycles. The lowest BCUT2D eigenvalue weighted by atomic mass is 10.1. The summed E-state index contributed by atoms with van der Waals surface area (Å²) in [4.78, 5) is 12.6. The van der Waals surface area contributed by atoms with Crippen LogP contribution in [0.5, 0.6) is 23.0 Å². The molecule has 4 rings (SSSR count). The van der Waals surface area contributed by atoms with Crippen LogP contribution in [0.1, 0.15) is 5.56 Å². The number of hydrazone groups is 1. The molecule has 39 heavy (non-hydrogen) atoms. The van der Waals surface area contributed by atoms with Crippen molar-refractivity contribution in [2.24, 2.45) is 5.10 Å². The number of benzene rings is 3. The van der Waals surface area contributed by atoms with Crippen molar-refractivity contribution in [2.45, 2.75) is 5.16 Å². The molecule has 0 atom stereocenters. The number of thioether (sulfide) groups is 1. The van der Waals surface area contributed by atoms with E-state index < -0.39 is 0 Å². The molecule has 13 heteroatoms. The van der Waals surface area contributed by atoms with E-state index in [0.717, 1.165) is 10.2 Å². The summed E-state index contributed by atoms with van der Waals surface area (Å²) in [6.45, 7) is 0. The largest absolute Gasteiger partial charge is 0.506 e. The van der Waals surface area contributed by atoms with E-state index in [1.54, 1.807) is 38.5 Å². The number of amides is 1. The van der Waals surface area contributed by atoms with Crippen LogP contribution in [0.3, 0.4) is 0 Å². The molecule has 0 saturated carbocycles. The number of hydrogen-bond donors (Lipinski definition) is 2. The minimum atomic E-state index is -0.359. The van der Waals surface area contributed by atoms with Crippen LogP contribution in [0.15, 0.2) is 73.8 Å². The third kappa shape index (κ3) is 6.54. The van der Waals surface area contributed by atoms with Crippen molar-refractivity contribution in [1.82, 2.24) is 20.2 Å². The van der Waals surface area contributed by atoms with Crippen molar-refractivity contribution in [1.29, 1.82) is 0 Å². The van der Waals surface area contributed by atoms with E-state index in [-0.39, 0.29) is 17.4 Å². The Hall–Kier alpha value is -3.55. The molecule has 1 heterocycles. The van der Waals surface area contributed by atoms with Gasteiger partial charge in [0.05, 0.1) is 37.8 Å². The maximum absolute atomic E-state index is 12.6. The lowest BCUT2D eigenvalue weighted by Gasteiger charge is -2.15. The van der Waals surface area contributed by atoms with Gasteiger partial charge in [0, 0.05) is 21.3 Å². The number of carbonyl (C=O) groups excluding carboxylic acids is 1. The average molecular weight is 677 g/mol. The second-order valence-corrected chi connectivity index (χ2v) is 10.5. The van der Waals surface area contributed by atoms with E-state index >= 15 is 0 Å². The molecule has 3 aromatic carbocycles. The van der Waals surface area contributed by atoms with Crippen LogP contribution in [0.25, 0.3) is 17.1 Å². The number of carbonyl (C=O) groups is 1. The summed E-state index contributed by atoms with van der Waals surface area (Å²) in [5, 5.41) is 23.4. The molecule has 0 fully saturated rings. The maximum atomic E-state index is 12.6. The summed E-state index contributed by atoms with van der Waals surface area (Å²) in [6, 6.07) is 16.5. The lowest BCUT2D eigenvalue weighted by Crippen LogP contribution is -2.20. The quantitative estimate of drug-likeness (QED) is 0.130. The van der Waals surface area contributed by atoms with Crippen molar-refractivity contribution in [3.63, 3.8) is 0 Å². The smallest absolute Gasteiger partial charge is 0.250 e. The van der Waals surface area contributed by atoms with Gasteiger partial charge < -0.3 is 19.3 Å². The molecule has 0 unspecified atom stereocenters. The molecule has 4 aromatic rings. The van der Waals surface area contributed by atoms with Crippen molar-refractivity contribution < 1.29 is 24.1 Å². The number of ether oxygens (including phenoxy) is 3. The van der Waals surface area contributed by atoms with Gasteiger partial charge in [0.2, 0.25) is 5.75 Å². The minimum absolute atomic E-state index is 0.0147. The van der Waals surface area contributed by atoms with Crippen LogP contribution in [-0.2, 0) is 4.79 Å². The summed E-state index contributed by atoms with van der Waals surface area (Å²) in [7, 11) is 4.63. The first kappa shape index (κ1) is 28.5. The predicted molar refractivity (Wildman–Crippen MR) is 156 cm³/mol. The lowest BCUT2D eigenvalue weighted by molar-refractivity contribution is -0.118. The number of hydrogen-bond acceptors (Lipinski definition) is 9. The molecule has 202 valence electrons. The first-order chi connectivity index (χ1) is 18.9. The SMILES string of the molecule is COc1cc(-c2nnc(SCC(=O)N/N=C\c3cc(Br)cc(Br)c3O)n2-c2ccccc2)cc(OC)c1OC. The Morgan fingerprint density at radius 1 is 1.05 bits per heavy atom. The Kier molecular flexibility index (Phi) is 9.49. The van der Waals surface area contributed by atoms with Gasteiger partial charge in [0.1, 0.15) is 5.75 Å². The van der Waals surface area contributed by atoms with E-state index in [1.807, 2.05) is 34.9 Å². The molecule has 0 spiro atoms. The number of phenols is 1. The number of para-hydroxylation sites is 1. The third-order valence-corrected chi connectivity index (χ3v) is 7.34. The zero-order chi connectivity index (χ0) is 27.9. The number of nitrogens with one attached hydrogen (secondary N) is 1. The number of rotatable bonds is 10. The van der Waals surface area contributed by atoms with E-state index in [9.17, 15) is 9.90 Å².